The summed E-state index contributed by atoms with van der Waals surface area (Å²) < 4.78 is 0. The van der Waals surface area contributed by atoms with Gasteiger partial charge in [0.25, 0.3) is 0 Å². The van der Waals surface area contributed by atoms with Crippen molar-refractivity contribution in [2.45, 2.75) is 45.1 Å². The van der Waals surface area contributed by atoms with E-state index >= 15 is 0 Å². The third kappa shape index (κ3) is 1.22. The lowest BCUT2D eigenvalue weighted by Crippen LogP contribution is -2.62. The highest BCUT2D eigenvalue weighted by atomic mass is 16.1. The molecule has 0 aromatic heterocycles. The standard InChI is InChI=1S/C9H18N2O/c1-8(2)5-3-4-6-9(8,11)7(10)12/h3-6,11H2,1-2H3,(H2,10,12). The van der Waals surface area contributed by atoms with Gasteiger partial charge in [0.2, 0.25) is 5.91 Å². The molecule has 1 fully saturated rings. The van der Waals surface area contributed by atoms with Crippen LogP contribution in [0.25, 0.3) is 0 Å². The van der Waals surface area contributed by atoms with E-state index < -0.39 is 5.54 Å². The number of hydrogen-bond acceptors (Lipinski definition) is 2. The van der Waals surface area contributed by atoms with E-state index in [1.54, 1.807) is 0 Å². The molecule has 0 saturated heterocycles. The number of carbonyl (C=O) groups excluding carboxylic acids is 1. The molecule has 3 nitrogen and oxygen atoms in total. The summed E-state index contributed by atoms with van der Waals surface area (Å²) in [6.07, 6.45) is 3.89. The summed E-state index contributed by atoms with van der Waals surface area (Å²) in [6.45, 7) is 4.05. The van der Waals surface area contributed by atoms with Gasteiger partial charge in [0.1, 0.15) is 5.54 Å². The first-order chi connectivity index (χ1) is 5.40. The highest BCUT2D eigenvalue weighted by molar-refractivity contribution is 5.85. The number of primary amides is 1. The molecule has 1 amide bonds. The SMILES string of the molecule is CC1(C)CCCCC1(N)C(N)=O. The van der Waals surface area contributed by atoms with E-state index in [0.717, 1.165) is 25.7 Å². The smallest absolute Gasteiger partial charge is 0.238 e. The first-order valence-electron chi connectivity index (χ1n) is 4.49. The maximum atomic E-state index is 11.2. The van der Waals surface area contributed by atoms with Crippen molar-refractivity contribution in [1.82, 2.24) is 0 Å². The maximum absolute atomic E-state index is 11.2. The summed E-state index contributed by atoms with van der Waals surface area (Å²) in [5.74, 6) is -0.354. The lowest BCUT2D eigenvalue weighted by Gasteiger charge is -2.45. The first-order valence-corrected chi connectivity index (χ1v) is 4.49. The first kappa shape index (κ1) is 9.52. The Morgan fingerprint density at radius 1 is 1.25 bits per heavy atom. The van der Waals surface area contributed by atoms with Crippen molar-refractivity contribution >= 4 is 5.91 Å². The van der Waals surface area contributed by atoms with Gasteiger partial charge in [0, 0.05) is 0 Å². The fourth-order valence-corrected chi connectivity index (χ4v) is 1.99. The molecule has 1 rings (SSSR count). The molecule has 1 unspecified atom stereocenters. The van der Waals surface area contributed by atoms with Crippen LogP contribution in [-0.4, -0.2) is 11.4 Å². The quantitative estimate of drug-likeness (QED) is 0.610. The van der Waals surface area contributed by atoms with Gasteiger partial charge >= 0.3 is 0 Å². The second-order valence-corrected chi connectivity index (χ2v) is 4.43. The molecule has 0 radical (unpaired) electrons. The van der Waals surface area contributed by atoms with E-state index in [9.17, 15) is 4.79 Å². The molecule has 70 valence electrons. The van der Waals surface area contributed by atoms with Crippen LogP contribution in [0.4, 0.5) is 0 Å². The molecule has 0 aliphatic heterocycles. The predicted octanol–water partition coefficient (Wildman–Crippen LogP) is 0.769. The van der Waals surface area contributed by atoms with Crippen LogP contribution >= 0.6 is 0 Å². The van der Waals surface area contributed by atoms with Crippen LogP contribution in [0.3, 0.4) is 0 Å². The van der Waals surface area contributed by atoms with Gasteiger partial charge in [-0.25, -0.2) is 0 Å². The molecule has 0 spiro atoms. The number of carbonyl (C=O) groups is 1. The summed E-state index contributed by atoms with van der Waals surface area (Å²) >= 11 is 0. The van der Waals surface area contributed by atoms with Gasteiger partial charge in [-0.1, -0.05) is 26.7 Å². The Morgan fingerprint density at radius 3 is 2.08 bits per heavy atom. The molecular weight excluding hydrogens is 152 g/mol. The summed E-state index contributed by atoms with van der Waals surface area (Å²) in [7, 11) is 0. The van der Waals surface area contributed by atoms with E-state index in [0.29, 0.717) is 0 Å². The van der Waals surface area contributed by atoms with Crippen molar-refractivity contribution in [2.75, 3.05) is 0 Å². The molecule has 0 heterocycles. The Morgan fingerprint density at radius 2 is 1.75 bits per heavy atom. The Balaban J connectivity index is 2.91. The van der Waals surface area contributed by atoms with Crippen molar-refractivity contribution in [1.29, 1.82) is 0 Å². The third-order valence-corrected chi connectivity index (χ3v) is 3.27. The van der Waals surface area contributed by atoms with Gasteiger partial charge in [-0.05, 0) is 18.3 Å². The van der Waals surface area contributed by atoms with Gasteiger partial charge in [0.05, 0.1) is 0 Å². The van der Waals surface area contributed by atoms with E-state index in [4.69, 9.17) is 11.5 Å². The molecule has 3 heteroatoms. The number of nitrogens with two attached hydrogens (primary N) is 2. The molecule has 1 atom stereocenters. The number of rotatable bonds is 1. The van der Waals surface area contributed by atoms with Gasteiger partial charge < -0.3 is 11.5 Å². The van der Waals surface area contributed by atoms with Crippen LogP contribution in [-0.2, 0) is 4.79 Å². The normalized spacial score (nSPS) is 34.6. The third-order valence-electron chi connectivity index (χ3n) is 3.27. The summed E-state index contributed by atoms with van der Waals surface area (Å²) in [5, 5.41) is 0. The predicted molar refractivity (Wildman–Crippen MR) is 48.4 cm³/mol. The Kier molecular flexibility index (Phi) is 2.17. The zero-order chi connectivity index (χ0) is 9.41. The van der Waals surface area contributed by atoms with Crippen LogP contribution in [0.15, 0.2) is 0 Å². The van der Waals surface area contributed by atoms with Crippen molar-refractivity contribution in [3.63, 3.8) is 0 Å². The monoisotopic (exact) mass is 170 g/mol. The van der Waals surface area contributed by atoms with Crippen LogP contribution in [0.1, 0.15) is 39.5 Å². The van der Waals surface area contributed by atoms with E-state index in [1.165, 1.54) is 0 Å². The maximum Gasteiger partial charge on any atom is 0.238 e. The molecular formula is C9H18N2O. The second kappa shape index (κ2) is 2.73. The summed E-state index contributed by atoms with van der Waals surface area (Å²) in [4.78, 5) is 11.2. The minimum atomic E-state index is -0.786. The van der Waals surface area contributed by atoms with E-state index in [2.05, 4.69) is 0 Å². The number of hydrogen-bond donors (Lipinski definition) is 2. The lowest BCUT2D eigenvalue weighted by molar-refractivity contribution is -0.129. The largest absolute Gasteiger partial charge is 0.368 e. The van der Waals surface area contributed by atoms with Gasteiger partial charge in [-0.15, -0.1) is 0 Å². The average Bonchev–Trinajstić information content (AvgIpc) is 1.95. The van der Waals surface area contributed by atoms with Crippen molar-refractivity contribution in [3.8, 4) is 0 Å². The minimum Gasteiger partial charge on any atom is -0.368 e. The molecule has 0 aromatic rings. The minimum absolute atomic E-state index is 0.142. The fraction of sp³-hybridized carbons (Fsp3) is 0.889. The van der Waals surface area contributed by atoms with E-state index in [-0.39, 0.29) is 11.3 Å². The molecule has 4 N–H and O–H groups in total. The van der Waals surface area contributed by atoms with E-state index in [1.807, 2.05) is 13.8 Å². The van der Waals surface area contributed by atoms with Crippen molar-refractivity contribution in [3.05, 3.63) is 0 Å². The zero-order valence-corrected chi connectivity index (χ0v) is 7.89. The molecule has 1 aliphatic carbocycles. The fourth-order valence-electron chi connectivity index (χ4n) is 1.99. The second-order valence-electron chi connectivity index (χ2n) is 4.43. The molecule has 0 bridgehead atoms. The Bertz CT molecular complexity index is 201. The molecule has 1 aliphatic rings. The average molecular weight is 170 g/mol. The molecule has 0 aromatic carbocycles. The van der Waals surface area contributed by atoms with Gasteiger partial charge in [-0.3, -0.25) is 4.79 Å². The van der Waals surface area contributed by atoms with Crippen LogP contribution in [0, 0.1) is 5.41 Å². The van der Waals surface area contributed by atoms with Crippen LogP contribution < -0.4 is 11.5 Å². The van der Waals surface area contributed by atoms with Crippen LogP contribution in [0.2, 0.25) is 0 Å². The van der Waals surface area contributed by atoms with Gasteiger partial charge in [0.15, 0.2) is 0 Å². The van der Waals surface area contributed by atoms with Crippen molar-refractivity contribution in [2.24, 2.45) is 16.9 Å². The topological polar surface area (TPSA) is 69.1 Å². The van der Waals surface area contributed by atoms with Crippen molar-refractivity contribution < 1.29 is 4.79 Å². The molecule has 1 saturated carbocycles. The lowest BCUT2D eigenvalue weighted by atomic mass is 9.63. The molecule has 12 heavy (non-hydrogen) atoms. The summed E-state index contributed by atoms with van der Waals surface area (Å²) in [5.41, 5.74) is 10.4. The Labute approximate surface area is 73.5 Å². The zero-order valence-electron chi connectivity index (χ0n) is 7.89. The highest BCUT2D eigenvalue weighted by Crippen LogP contribution is 2.41. The summed E-state index contributed by atoms with van der Waals surface area (Å²) in [6, 6.07) is 0. The number of amides is 1. The van der Waals surface area contributed by atoms with Gasteiger partial charge in [-0.2, -0.15) is 0 Å². The van der Waals surface area contributed by atoms with Crippen LogP contribution in [0.5, 0.6) is 0 Å². The highest BCUT2D eigenvalue weighted by Gasteiger charge is 2.47. The Hall–Kier alpha value is -0.570.